The topological polar surface area (TPSA) is 47.0 Å². The molecule has 0 unspecified atom stereocenters. The molecule has 0 atom stereocenters. The molecule has 1 saturated carbocycles. The number of hydrogen-bond acceptors (Lipinski definition) is 4. The predicted molar refractivity (Wildman–Crippen MR) is 71.5 cm³/mol. The zero-order valence-electron chi connectivity index (χ0n) is 11.2. The van der Waals surface area contributed by atoms with Crippen LogP contribution in [0.4, 0.5) is 0 Å². The smallest absolute Gasteiger partial charge is 0.232 e. The van der Waals surface area contributed by atoms with E-state index in [1.54, 1.807) is 12.4 Å². The molecular weight excluding hydrogens is 226 g/mol. The Morgan fingerprint density at radius 1 is 1.22 bits per heavy atom. The zero-order valence-corrected chi connectivity index (χ0v) is 11.2. The van der Waals surface area contributed by atoms with E-state index < -0.39 is 0 Å². The summed E-state index contributed by atoms with van der Waals surface area (Å²) in [7, 11) is 0. The van der Waals surface area contributed by atoms with Crippen molar-refractivity contribution < 1.29 is 4.74 Å². The first-order valence-corrected chi connectivity index (χ1v) is 7.07. The van der Waals surface area contributed by atoms with Gasteiger partial charge in [0.25, 0.3) is 0 Å². The van der Waals surface area contributed by atoms with Crippen molar-refractivity contribution in [3.63, 3.8) is 0 Å². The van der Waals surface area contributed by atoms with E-state index in [4.69, 9.17) is 4.74 Å². The molecule has 1 aromatic rings. The second-order valence-corrected chi connectivity index (χ2v) is 4.90. The van der Waals surface area contributed by atoms with Gasteiger partial charge in [-0.05, 0) is 38.6 Å². The van der Waals surface area contributed by atoms with Crippen LogP contribution in [0.15, 0.2) is 12.4 Å². The molecule has 0 spiro atoms. The first-order chi connectivity index (χ1) is 8.88. The third-order valence-corrected chi connectivity index (χ3v) is 3.25. The number of rotatable bonds is 6. The van der Waals surface area contributed by atoms with Crippen LogP contribution >= 0.6 is 0 Å². The molecule has 0 amide bonds. The normalized spacial score (nSPS) is 16.7. The Balaban J connectivity index is 1.79. The van der Waals surface area contributed by atoms with Crippen LogP contribution in [0.2, 0.25) is 0 Å². The third kappa shape index (κ3) is 4.26. The average Bonchev–Trinajstić information content (AvgIpc) is 2.42. The molecule has 2 rings (SSSR count). The average molecular weight is 249 g/mol. The molecular formula is C14H23N3O. The molecule has 4 nitrogen and oxygen atoms in total. The number of aromatic nitrogens is 2. The molecule has 0 aliphatic heterocycles. The first-order valence-electron chi connectivity index (χ1n) is 7.07. The van der Waals surface area contributed by atoms with E-state index in [1.807, 2.05) is 0 Å². The molecule has 0 saturated heterocycles. The van der Waals surface area contributed by atoms with Crippen LogP contribution in [0.5, 0.6) is 5.88 Å². The van der Waals surface area contributed by atoms with Crippen LogP contribution in [0.3, 0.4) is 0 Å². The zero-order chi connectivity index (χ0) is 12.6. The van der Waals surface area contributed by atoms with Crippen LogP contribution in [-0.2, 0) is 6.54 Å². The van der Waals surface area contributed by atoms with Crippen molar-refractivity contribution in [2.75, 3.05) is 6.54 Å². The minimum Gasteiger partial charge on any atom is -0.473 e. The standard InChI is InChI=1S/C14H23N3O/c1-2-8-15-9-12-10-17-14(11-16-12)18-13-6-4-3-5-7-13/h10-11,13,15H,2-9H2,1H3. The molecule has 1 heterocycles. The summed E-state index contributed by atoms with van der Waals surface area (Å²) in [4.78, 5) is 8.69. The van der Waals surface area contributed by atoms with Gasteiger partial charge in [-0.25, -0.2) is 4.98 Å². The van der Waals surface area contributed by atoms with Crippen molar-refractivity contribution in [2.45, 2.75) is 58.1 Å². The third-order valence-electron chi connectivity index (χ3n) is 3.25. The van der Waals surface area contributed by atoms with Gasteiger partial charge in [-0.15, -0.1) is 0 Å². The molecule has 1 aromatic heterocycles. The summed E-state index contributed by atoms with van der Waals surface area (Å²) < 4.78 is 5.84. The van der Waals surface area contributed by atoms with E-state index in [1.165, 1.54) is 19.3 Å². The van der Waals surface area contributed by atoms with E-state index in [9.17, 15) is 0 Å². The second kappa shape index (κ2) is 7.31. The fraction of sp³-hybridized carbons (Fsp3) is 0.714. The summed E-state index contributed by atoms with van der Waals surface area (Å²) in [6.45, 7) is 3.95. The maximum Gasteiger partial charge on any atom is 0.232 e. The predicted octanol–water partition coefficient (Wildman–Crippen LogP) is 2.69. The Hall–Kier alpha value is -1.16. The Morgan fingerprint density at radius 2 is 2.06 bits per heavy atom. The molecule has 1 aliphatic rings. The van der Waals surface area contributed by atoms with Gasteiger partial charge in [0.05, 0.1) is 18.1 Å². The maximum atomic E-state index is 5.84. The summed E-state index contributed by atoms with van der Waals surface area (Å²) in [5.41, 5.74) is 0.972. The largest absolute Gasteiger partial charge is 0.473 e. The summed E-state index contributed by atoms with van der Waals surface area (Å²) in [5.74, 6) is 0.668. The van der Waals surface area contributed by atoms with Crippen LogP contribution in [0, 0.1) is 0 Å². The van der Waals surface area contributed by atoms with Crippen LogP contribution in [0.25, 0.3) is 0 Å². The van der Waals surface area contributed by atoms with Gasteiger partial charge < -0.3 is 10.1 Å². The molecule has 1 aliphatic carbocycles. The van der Waals surface area contributed by atoms with Gasteiger partial charge in [0.1, 0.15) is 6.10 Å². The number of nitrogens with zero attached hydrogens (tertiary/aromatic N) is 2. The van der Waals surface area contributed by atoms with Gasteiger partial charge in [-0.1, -0.05) is 13.3 Å². The van der Waals surface area contributed by atoms with Gasteiger partial charge in [0.15, 0.2) is 0 Å². The molecule has 1 fully saturated rings. The first kappa shape index (κ1) is 13.3. The van der Waals surface area contributed by atoms with E-state index in [-0.39, 0.29) is 0 Å². The van der Waals surface area contributed by atoms with E-state index in [0.717, 1.165) is 38.0 Å². The van der Waals surface area contributed by atoms with Crippen LogP contribution in [-0.4, -0.2) is 22.6 Å². The highest BCUT2D eigenvalue weighted by Crippen LogP contribution is 2.21. The highest BCUT2D eigenvalue weighted by molar-refractivity contribution is 5.07. The van der Waals surface area contributed by atoms with E-state index in [0.29, 0.717) is 12.0 Å². The maximum absolute atomic E-state index is 5.84. The van der Waals surface area contributed by atoms with Crippen molar-refractivity contribution in [3.05, 3.63) is 18.1 Å². The summed E-state index contributed by atoms with van der Waals surface area (Å²) in [6.07, 6.45) is 11.2. The van der Waals surface area contributed by atoms with Crippen LogP contribution < -0.4 is 10.1 Å². The highest BCUT2D eigenvalue weighted by Gasteiger charge is 2.15. The van der Waals surface area contributed by atoms with Gasteiger partial charge in [0.2, 0.25) is 5.88 Å². The minimum absolute atomic E-state index is 0.345. The van der Waals surface area contributed by atoms with Crippen molar-refractivity contribution in [1.82, 2.24) is 15.3 Å². The fourth-order valence-electron chi connectivity index (χ4n) is 2.24. The van der Waals surface area contributed by atoms with E-state index >= 15 is 0 Å². The summed E-state index contributed by atoms with van der Waals surface area (Å²) in [6, 6.07) is 0. The fourth-order valence-corrected chi connectivity index (χ4v) is 2.24. The lowest BCUT2D eigenvalue weighted by atomic mass is 9.98. The number of hydrogen-bond donors (Lipinski definition) is 1. The molecule has 0 bridgehead atoms. The second-order valence-electron chi connectivity index (χ2n) is 4.90. The van der Waals surface area contributed by atoms with Crippen molar-refractivity contribution in [3.8, 4) is 5.88 Å². The Morgan fingerprint density at radius 3 is 2.72 bits per heavy atom. The minimum atomic E-state index is 0.345. The van der Waals surface area contributed by atoms with Gasteiger partial charge in [-0.2, -0.15) is 0 Å². The molecule has 100 valence electrons. The van der Waals surface area contributed by atoms with E-state index in [2.05, 4.69) is 22.2 Å². The lowest BCUT2D eigenvalue weighted by Crippen LogP contribution is -2.20. The monoisotopic (exact) mass is 249 g/mol. The molecule has 0 radical (unpaired) electrons. The van der Waals surface area contributed by atoms with Gasteiger partial charge >= 0.3 is 0 Å². The number of nitrogens with one attached hydrogen (secondary N) is 1. The molecule has 1 N–H and O–H groups in total. The van der Waals surface area contributed by atoms with Crippen molar-refractivity contribution >= 4 is 0 Å². The van der Waals surface area contributed by atoms with Gasteiger partial charge in [0, 0.05) is 6.54 Å². The number of ether oxygens (including phenoxy) is 1. The quantitative estimate of drug-likeness (QED) is 0.787. The van der Waals surface area contributed by atoms with Gasteiger partial charge in [-0.3, -0.25) is 4.98 Å². The summed E-state index contributed by atoms with van der Waals surface area (Å²) >= 11 is 0. The summed E-state index contributed by atoms with van der Waals surface area (Å²) in [5, 5.41) is 3.31. The SMILES string of the molecule is CCCNCc1cnc(OC2CCCCC2)cn1. The van der Waals surface area contributed by atoms with Crippen LogP contribution in [0.1, 0.15) is 51.1 Å². The Bertz CT molecular complexity index is 333. The molecule has 0 aromatic carbocycles. The highest BCUT2D eigenvalue weighted by atomic mass is 16.5. The molecule has 4 heteroatoms. The van der Waals surface area contributed by atoms with Crippen molar-refractivity contribution in [1.29, 1.82) is 0 Å². The Kier molecular flexibility index (Phi) is 5.39. The molecule has 18 heavy (non-hydrogen) atoms. The lowest BCUT2D eigenvalue weighted by Gasteiger charge is -2.22. The lowest BCUT2D eigenvalue weighted by molar-refractivity contribution is 0.148. The Labute approximate surface area is 109 Å². The van der Waals surface area contributed by atoms with Crippen molar-refractivity contribution in [2.24, 2.45) is 0 Å².